The van der Waals surface area contributed by atoms with Crippen molar-refractivity contribution in [2.24, 2.45) is 5.41 Å². The van der Waals surface area contributed by atoms with Crippen molar-refractivity contribution in [1.82, 2.24) is 5.16 Å². The van der Waals surface area contributed by atoms with Gasteiger partial charge in [0.1, 0.15) is 0 Å². The molecule has 2 N–H and O–H groups in total. The summed E-state index contributed by atoms with van der Waals surface area (Å²) in [5.74, 6) is 0.943. The molecule has 2 rings (SSSR count). The van der Waals surface area contributed by atoms with E-state index in [4.69, 9.17) is 10.3 Å². The average Bonchev–Trinajstić information content (AvgIpc) is 2.51. The van der Waals surface area contributed by atoms with Gasteiger partial charge in [0.25, 0.3) is 0 Å². The second-order valence-corrected chi connectivity index (χ2v) is 4.94. The average molecular weight is 194 g/mol. The topological polar surface area (TPSA) is 52.0 Å². The fourth-order valence-electron chi connectivity index (χ4n) is 2.51. The molecule has 1 unspecified atom stereocenters. The summed E-state index contributed by atoms with van der Waals surface area (Å²) in [7, 11) is 0. The lowest BCUT2D eigenvalue weighted by molar-refractivity contribution is 0.191. The minimum Gasteiger partial charge on any atom is -0.368 e. The van der Waals surface area contributed by atoms with Crippen LogP contribution in [0.3, 0.4) is 0 Å². The number of nitrogen functional groups attached to an aromatic ring is 1. The molecule has 0 saturated heterocycles. The van der Waals surface area contributed by atoms with E-state index in [-0.39, 0.29) is 0 Å². The number of nitrogens with two attached hydrogens (primary N) is 1. The number of hydrogen-bond acceptors (Lipinski definition) is 3. The minimum absolute atomic E-state index is 0.335. The van der Waals surface area contributed by atoms with E-state index in [1.54, 1.807) is 0 Å². The summed E-state index contributed by atoms with van der Waals surface area (Å²) in [6.07, 6.45) is 5.10. The van der Waals surface area contributed by atoms with Gasteiger partial charge in [0, 0.05) is 12.0 Å². The van der Waals surface area contributed by atoms with Crippen molar-refractivity contribution in [1.29, 1.82) is 0 Å². The molecule has 0 radical (unpaired) electrons. The zero-order chi connectivity index (χ0) is 10.2. The molecule has 1 atom stereocenters. The van der Waals surface area contributed by atoms with Gasteiger partial charge in [0.15, 0.2) is 0 Å². The lowest BCUT2D eigenvalue weighted by Gasteiger charge is -2.37. The summed E-state index contributed by atoms with van der Waals surface area (Å²) in [5, 5.41) is 4.04. The Hall–Kier alpha value is -0.990. The minimum atomic E-state index is 0.335. The molecule has 0 aromatic carbocycles. The fourth-order valence-corrected chi connectivity index (χ4v) is 2.51. The predicted octanol–water partition coefficient (Wildman–Crippen LogP) is 2.94. The largest absolute Gasteiger partial charge is 0.368 e. The Balaban J connectivity index is 2.23. The number of hydrogen-bond donors (Lipinski definition) is 1. The molecule has 3 heteroatoms. The van der Waals surface area contributed by atoms with Crippen LogP contribution in [0, 0.1) is 5.41 Å². The predicted molar refractivity (Wildman–Crippen MR) is 55.9 cm³/mol. The molecule has 1 aliphatic carbocycles. The van der Waals surface area contributed by atoms with E-state index in [1.807, 2.05) is 6.07 Å². The molecule has 14 heavy (non-hydrogen) atoms. The molecule has 3 nitrogen and oxygen atoms in total. The lowest BCUT2D eigenvalue weighted by Crippen LogP contribution is -2.26. The maximum atomic E-state index is 5.54. The quantitative estimate of drug-likeness (QED) is 0.747. The second-order valence-electron chi connectivity index (χ2n) is 4.94. The van der Waals surface area contributed by atoms with Gasteiger partial charge in [-0.3, -0.25) is 0 Å². The van der Waals surface area contributed by atoms with Crippen LogP contribution in [0.5, 0.6) is 0 Å². The number of nitrogens with zero attached hydrogens (tertiary/aromatic N) is 1. The van der Waals surface area contributed by atoms with Gasteiger partial charge in [-0.25, -0.2) is 0 Å². The third-order valence-electron chi connectivity index (χ3n) is 3.41. The van der Waals surface area contributed by atoms with Gasteiger partial charge < -0.3 is 10.3 Å². The number of rotatable bonds is 1. The smallest absolute Gasteiger partial charge is 0.222 e. The molecule has 1 saturated carbocycles. The van der Waals surface area contributed by atoms with Crippen molar-refractivity contribution in [3.63, 3.8) is 0 Å². The monoisotopic (exact) mass is 194 g/mol. The molecule has 0 aliphatic heterocycles. The highest BCUT2D eigenvalue weighted by molar-refractivity contribution is 5.27. The van der Waals surface area contributed by atoms with Gasteiger partial charge in [-0.1, -0.05) is 31.8 Å². The zero-order valence-corrected chi connectivity index (χ0v) is 8.92. The summed E-state index contributed by atoms with van der Waals surface area (Å²) in [5.41, 5.74) is 6.91. The lowest BCUT2D eigenvalue weighted by atomic mass is 9.67. The van der Waals surface area contributed by atoms with Crippen molar-refractivity contribution in [3.8, 4) is 0 Å². The van der Waals surface area contributed by atoms with Crippen molar-refractivity contribution in [2.75, 3.05) is 5.73 Å². The van der Waals surface area contributed by atoms with Crippen LogP contribution < -0.4 is 5.73 Å². The fraction of sp³-hybridized carbons (Fsp3) is 0.727. The van der Waals surface area contributed by atoms with Crippen molar-refractivity contribution in [2.45, 2.75) is 45.4 Å². The van der Waals surface area contributed by atoms with Crippen LogP contribution in [0.15, 0.2) is 10.6 Å². The maximum absolute atomic E-state index is 5.54. The molecule has 78 valence electrons. The van der Waals surface area contributed by atoms with Crippen LogP contribution in [-0.2, 0) is 0 Å². The summed E-state index contributed by atoms with van der Waals surface area (Å²) in [6.45, 7) is 4.61. The van der Waals surface area contributed by atoms with E-state index in [9.17, 15) is 0 Å². The molecule has 1 aromatic rings. The summed E-state index contributed by atoms with van der Waals surface area (Å²) >= 11 is 0. The first kappa shape index (κ1) is 9.56. The van der Waals surface area contributed by atoms with Crippen molar-refractivity contribution >= 4 is 5.88 Å². The van der Waals surface area contributed by atoms with E-state index in [2.05, 4.69) is 19.0 Å². The SMILES string of the molecule is CC1(C)CCCCC1c1cc(N)on1. The van der Waals surface area contributed by atoms with Crippen molar-refractivity contribution in [3.05, 3.63) is 11.8 Å². The Bertz CT molecular complexity index is 317. The van der Waals surface area contributed by atoms with Gasteiger partial charge >= 0.3 is 0 Å². The summed E-state index contributed by atoms with van der Waals surface area (Å²) < 4.78 is 4.94. The summed E-state index contributed by atoms with van der Waals surface area (Å²) in [4.78, 5) is 0. The van der Waals surface area contributed by atoms with Crippen molar-refractivity contribution < 1.29 is 4.52 Å². The Labute approximate surface area is 84.7 Å². The van der Waals surface area contributed by atoms with Crippen LogP contribution in [0.2, 0.25) is 0 Å². The highest BCUT2D eigenvalue weighted by Crippen LogP contribution is 2.46. The molecule has 0 amide bonds. The zero-order valence-electron chi connectivity index (χ0n) is 8.92. The van der Waals surface area contributed by atoms with E-state index in [1.165, 1.54) is 25.7 Å². The van der Waals surface area contributed by atoms with Crippen LogP contribution in [0.25, 0.3) is 0 Å². The van der Waals surface area contributed by atoms with E-state index in [0.717, 1.165) is 5.69 Å². The van der Waals surface area contributed by atoms with Gasteiger partial charge in [0.2, 0.25) is 5.88 Å². The third kappa shape index (κ3) is 1.63. The number of aromatic nitrogens is 1. The molecule has 1 fully saturated rings. The first-order chi connectivity index (χ1) is 6.59. The van der Waals surface area contributed by atoms with Gasteiger partial charge in [0.05, 0.1) is 5.69 Å². The highest BCUT2D eigenvalue weighted by atomic mass is 16.5. The van der Waals surface area contributed by atoms with E-state index >= 15 is 0 Å². The highest BCUT2D eigenvalue weighted by Gasteiger charge is 2.35. The van der Waals surface area contributed by atoms with Gasteiger partial charge in [-0.15, -0.1) is 0 Å². The number of anilines is 1. The first-order valence-electron chi connectivity index (χ1n) is 5.32. The molecule has 0 spiro atoms. The Morgan fingerprint density at radius 2 is 2.29 bits per heavy atom. The Kier molecular flexibility index (Phi) is 2.25. The summed E-state index contributed by atoms with van der Waals surface area (Å²) in [6, 6.07) is 1.87. The molecular weight excluding hydrogens is 176 g/mol. The molecule has 1 heterocycles. The molecular formula is C11H18N2O. The maximum Gasteiger partial charge on any atom is 0.222 e. The van der Waals surface area contributed by atoms with Crippen LogP contribution in [-0.4, -0.2) is 5.16 Å². The standard InChI is InChI=1S/C11H18N2O/c1-11(2)6-4-3-5-8(11)9-7-10(12)14-13-9/h7-8H,3-6,12H2,1-2H3. The van der Waals surface area contributed by atoms with Crippen LogP contribution >= 0.6 is 0 Å². The van der Waals surface area contributed by atoms with Crippen LogP contribution in [0.4, 0.5) is 5.88 Å². The Morgan fingerprint density at radius 1 is 1.50 bits per heavy atom. The normalized spacial score (nSPS) is 26.3. The first-order valence-corrected chi connectivity index (χ1v) is 5.32. The van der Waals surface area contributed by atoms with Gasteiger partial charge in [-0.05, 0) is 18.3 Å². The van der Waals surface area contributed by atoms with Gasteiger partial charge in [-0.2, -0.15) is 0 Å². The second kappa shape index (κ2) is 3.30. The van der Waals surface area contributed by atoms with E-state index in [0.29, 0.717) is 17.2 Å². The molecule has 0 bridgehead atoms. The van der Waals surface area contributed by atoms with Crippen LogP contribution in [0.1, 0.15) is 51.1 Å². The Morgan fingerprint density at radius 3 is 2.86 bits per heavy atom. The molecule has 1 aromatic heterocycles. The third-order valence-corrected chi connectivity index (χ3v) is 3.41. The molecule has 1 aliphatic rings. The van der Waals surface area contributed by atoms with E-state index < -0.39 is 0 Å².